The molecule has 0 saturated carbocycles. The van der Waals surface area contributed by atoms with E-state index in [2.05, 4.69) is 5.32 Å². The van der Waals surface area contributed by atoms with Gasteiger partial charge in [-0.15, -0.1) is 0 Å². The molecule has 9 nitrogen and oxygen atoms in total. The molecule has 1 atom stereocenters. The first kappa shape index (κ1) is 25.0. The maximum atomic E-state index is 11.9. The predicted molar refractivity (Wildman–Crippen MR) is 111 cm³/mol. The molecule has 0 aliphatic heterocycles. The number of para-hydroxylation sites is 1. The van der Waals surface area contributed by atoms with Crippen molar-refractivity contribution in [3.8, 4) is 0 Å². The molecule has 0 fully saturated rings. The summed E-state index contributed by atoms with van der Waals surface area (Å²) in [5.74, 6) is -0.295. The van der Waals surface area contributed by atoms with Crippen molar-refractivity contribution < 1.29 is 27.7 Å². The second-order valence-electron chi connectivity index (χ2n) is 6.33. The lowest BCUT2D eigenvalue weighted by Gasteiger charge is -2.28. The van der Waals surface area contributed by atoms with E-state index in [9.17, 15) is 14.9 Å². The number of rotatable bonds is 14. The van der Waals surface area contributed by atoms with Gasteiger partial charge in [0.1, 0.15) is 6.61 Å². The van der Waals surface area contributed by atoms with Gasteiger partial charge in [-0.3, -0.25) is 10.1 Å². The zero-order chi connectivity index (χ0) is 21.7. The first-order valence-electron chi connectivity index (χ1n) is 9.94. The van der Waals surface area contributed by atoms with Crippen molar-refractivity contribution in [3.63, 3.8) is 0 Å². The van der Waals surface area contributed by atoms with Crippen molar-refractivity contribution in [2.24, 2.45) is 0 Å². The molecule has 0 aliphatic carbocycles. The largest absolute Gasteiger partial charge is 0.500 e. The number of amides is 1. The van der Waals surface area contributed by atoms with Crippen molar-refractivity contribution in [2.75, 3.05) is 33.0 Å². The fourth-order valence-corrected chi connectivity index (χ4v) is 5.52. The van der Waals surface area contributed by atoms with E-state index >= 15 is 0 Å². The first-order valence-corrected chi connectivity index (χ1v) is 11.9. The van der Waals surface area contributed by atoms with E-state index in [1.54, 1.807) is 25.1 Å². The Kier molecular flexibility index (Phi) is 11.4. The van der Waals surface area contributed by atoms with Crippen LogP contribution < -0.4 is 5.32 Å². The fourth-order valence-electron chi connectivity index (χ4n) is 2.91. The molecule has 1 N–H and O–H groups in total. The molecule has 0 saturated heterocycles. The van der Waals surface area contributed by atoms with Gasteiger partial charge in [0.25, 0.3) is 5.69 Å². The molecule has 0 aromatic heterocycles. The highest BCUT2D eigenvalue weighted by molar-refractivity contribution is 6.60. The lowest BCUT2D eigenvalue weighted by atomic mass is 10.0. The normalized spacial score (nSPS) is 12.4. The third-order valence-corrected chi connectivity index (χ3v) is 7.30. The molecule has 1 amide bonds. The predicted octanol–water partition coefficient (Wildman–Crippen LogP) is 3.86. The van der Waals surface area contributed by atoms with Gasteiger partial charge in [0.2, 0.25) is 0 Å². The first-order chi connectivity index (χ1) is 13.9. The second-order valence-corrected chi connectivity index (χ2v) is 9.06. The summed E-state index contributed by atoms with van der Waals surface area (Å²) >= 11 is 0. The molecule has 0 radical (unpaired) electrons. The number of nitrogens with one attached hydrogen (secondary N) is 1. The number of carbonyl (C=O) groups excluding carboxylic acids is 1. The van der Waals surface area contributed by atoms with Gasteiger partial charge in [-0.25, -0.2) is 4.79 Å². The van der Waals surface area contributed by atoms with Gasteiger partial charge >= 0.3 is 14.9 Å². The van der Waals surface area contributed by atoms with Crippen molar-refractivity contribution in [1.29, 1.82) is 0 Å². The van der Waals surface area contributed by atoms with E-state index < -0.39 is 19.8 Å². The molecule has 10 heteroatoms. The molecule has 0 bridgehead atoms. The standard InChI is InChI=1S/C19H32N2O7Si/c1-5-26-29(27-6-2,28-7-3)14-10-13-20-19(22)25-15-16(4)17-11-8-9-12-18(17)21(23)24/h8-9,11-12,16H,5-7,10,13-15H2,1-4H3,(H,20,22). The van der Waals surface area contributed by atoms with Gasteiger partial charge in [0.15, 0.2) is 0 Å². The van der Waals surface area contributed by atoms with Gasteiger partial charge in [-0.1, -0.05) is 25.1 Å². The van der Waals surface area contributed by atoms with Gasteiger partial charge in [0.05, 0.1) is 4.92 Å². The highest BCUT2D eigenvalue weighted by Gasteiger charge is 2.39. The molecule has 1 unspecified atom stereocenters. The maximum Gasteiger partial charge on any atom is 0.500 e. The minimum absolute atomic E-state index is 0.0214. The summed E-state index contributed by atoms with van der Waals surface area (Å²) in [5.41, 5.74) is 0.555. The number of nitro benzene ring substituents is 1. The van der Waals surface area contributed by atoms with Crippen LogP contribution in [0.2, 0.25) is 6.04 Å². The molecule has 1 aromatic rings. The Balaban J connectivity index is 2.45. The highest BCUT2D eigenvalue weighted by Crippen LogP contribution is 2.26. The zero-order valence-electron chi connectivity index (χ0n) is 17.6. The quantitative estimate of drug-likeness (QED) is 0.207. The smallest absolute Gasteiger partial charge is 0.449 e. The Morgan fingerprint density at radius 1 is 1.14 bits per heavy atom. The zero-order valence-corrected chi connectivity index (χ0v) is 18.6. The van der Waals surface area contributed by atoms with E-state index in [0.717, 1.165) is 0 Å². The van der Waals surface area contributed by atoms with Crippen LogP contribution in [0.3, 0.4) is 0 Å². The van der Waals surface area contributed by atoms with E-state index in [0.29, 0.717) is 44.4 Å². The number of benzene rings is 1. The van der Waals surface area contributed by atoms with E-state index in [4.69, 9.17) is 18.0 Å². The third-order valence-electron chi connectivity index (χ3n) is 4.15. The molecule has 1 rings (SSSR count). The molecule has 1 aromatic carbocycles. The minimum Gasteiger partial charge on any atom is -0.449 e. The Labute approximate surface area is 173 Å². The van der Waals surface area contributed by atoms with Gasteiger partial charge in [-0.05, 0) is 27.2 Å². The number of nitro groups is 1. The van der Waals surface area contributed by atoms with Crippen LogP contribution in [0.1, 0.15) is 45.6 Å². The molecular weight excluding hydrogens is 396 g/mol. The van der Waals surface area contributed by atoms with Crippen LogP contribution >= 0.6 is 0 Å². The number of hydrogen-bond acceptors (Lipinski definition) is 7. The monoisotopic (exact) mass is 428 g/mol. The number of hydrogen-bond donors (Lipinski definition) is 1. The van der Waals surface area contributed by atoms with Crippen molar-refractivity contribution in [2.45, 2.75) is 46.1 Å². The summed E-state index contributed by atoms with van der Waals surface area (Å²) in [7, 11) is -2.72. The van der Waals surface area contributed by atoms with E-state index in [1.807, 2.05) is 20.8 Å². The number of carbonyl (C=O) groups is 1. The SMILES string of the molecule is CCO[Si](CCCNC(=O)OCC(C)c1ccccc1[N+](=O)[O-])(OCC)OCC. The summed E-state index contributed by atoms with van der Waals surface area (Å²) in [6, 6.07) is 7.04. The minimum atomic E-state index is -2.72. The summed E-state index contributed by atoms with van der Waals surface area (Å²) in [5, 5.41) is 13.8. The lowest BCUT2D eigenvalue weighted by Crippen LogP contribution is -2.46. The average molecular weight is 429 g/mol. The van der Waals surface area contributed by atoms with Crippen LogP contribution in [0.15, 0.2) is 24.3 Å². The molecule has 0 heterocycles. The van der Waals surface area contributed by atoms with Crippen molar-refractivity contribution in [3.05, 3.63) is 39.9 Å². The summed E-state index contributed by atoms with van der Waals surface area (Å²) in [4.78, 5) is 22.6. The molecule has 0 aliphatic rings. The van der Waals surface area contributed by atoms with Gasteiger partial charge in [0, 0.05) is 50.0 Å². The third kappa shape index (κ3) is 8.48. The van der Waals surface area contributed by atoms with Gasteiger partial charge in [-0.2, -0.15) is 0 Å². The van der Waals surface area contributed by atoms with E-state index in [-0.39, 0.29) is 18.2 Å². The van der Waals surface area contributed by atoms with E-state index in [1.165, 1.54) is 6.07 Å². The number of nitrogens with zero attached hydrogens (tertiary/aromatic N) is 1. The molecular formula is C19H32N2O7Si. The van der Waals surface area contributed by atoms with Crippen molar-refractivity contribution >= 4 is 20.6 Å². The fraction of sp³-hybridized carbons (Fsp3) is 0.632. The molecule has 164 valence electrons. The average Bonchev–Trinajstić information content (AvgIpc) is 2.70. The number of alkyl carbamates (subject to hydrolysis) is 1. The van der Waals surface area contributed by atoms with Crippen LogP contribution in [0.4, 0.5) is 10.5 Å². The van der Waals surface area contributed by atoms with Crippen LogP contribution in [0.25, 0.3) is 0 Å². The molecule has 0 spiro atoms. The summed E-state index contributed by atoms with van der Waals surface area (Å²) < 4.78 is 22.5. The van der Waals surface area contributed by atoms with Gasteiger partial charge < -0.3 is 23.3 Å². The Morgan fingerprint density at radius 3 is 2.28 bits per heavy atom. The van der Waals surface area contributed by atoms with Crippen LogP contribution in [0, 0.1) is 10.1 Å². The Hall–Kier alpha value is -2.01. The number of ether oxygens (including phenoxy) is 1. The summed E-state index contributed by atoms with van der Waals surface area (Å²) in [6.07, 6.45) is 0.0630. The maximum absolute atomic E-state index is 11.9. The topological polar surface area (TPSA) is 109 Å². The Morgan fingerprint density at radius 2 is 1.72 bits per heavy atom. The lowest BCUT2D eigenvalue weighted by molar-refractivity contribution is -0.385. The second kappa shape index (κ2) is 13.3. The highest BCUT2D eigenvalue weighted by atomic mass is 28.4. The van der Waals surface area contributed by atoms with Crippen LogP contribution in [-0.4, -0.2) is 52.8 Å². The molecule has 29 heavy (non-hydrogen) atoms. The Bertz CT molecular complexity index is 628. The van der Waals surface area contributed by atoms with Crippen LogP contribution in [0.5, 0.6) is 0 Å². The van der Waals surface area contributed by atoms with Crippen molar-refractivity contribution in [1.82, 2.24) is 5.32 Å². The van der Waals surface area contributed by atoms with Crippen LogP contribution in [-0.2, 0) is 18.0 Å². The summed E-state index contributed by atoms with van der Waals surface area (Å²) in [6.45, 7) is 9.42.